The van der Waals surface area contributed by atoms with E-state index in [1.807, 2.05) is 11.0 Å². The smallest absolute Gasteiger partial charge is 0.243 e. The topological polar surface area (TPSA) is 78.8 Å². The van der Waals surface area contributed by atoms with Crippen molar-refractivity contribution in [1.82, 2.24) is 23.7 Å². The van der Waals surface area contributed by atoms with Gasteiger partial charge >= 0.3 is 0 Å². The molecule has 8 nitrogen and oxygen atoms in total. The number of hydrogen-bond acceptors (Lipinski definition) is 5. The van der Waals surface area contributed by atoms with Crippen molar-refractivity contribution in [3.05, 3.63) is 24.0 Å². The van der Waals surface area contributed by atoms with E-state index in [1.54, 1.807) is 16.4 Å². The summed E-state index contributed by atoms with van der Waals surface area (Å²) in [5.41, 5.74) is 1.63. The van der Waals surface area contributed by atoms with Gasteiger partial charge in [0.05, 0.1) is 15.9 Å². The number of imidazole rings is 1. The molecule has 32 heavy (non-hydrogen) atoms. The molecule has 0 atom stereocenters. The summed E-state index contributed by atoms with van der Waals surface area (Å²) in [6, 6.07) is 5.27. The Morgan fingerprint density at radius 1 is 1.03 bits per heavy atom. The van der Waals surface area contributed by atoms with E-state index in [-0.39, 0.29) is 5.91 Å². The molecule has 1 amide bonds. The van der Waals surface area contributed by atoms with Crippen molar-refractivity contribution < 1.29 is 13.2 Å². The average molecular weight is 462 g/mol. The molecule has 4 rings (SSSR count). The van der Waals surface area contributed by atoms with Gasteiger partial charge in [-0.15, -0.1) is 0 Å². The van der Waals surface area contributed by atoms with Crippen molar-refractivity contribution in [2.24, 2.45) is 0 Å². The highest BCUT2D eigenvalue weighted by Gasteiger charge is 2.28. The SMILES string of the molecule is CCCn1c(CCC(=O)N2CCN(CC)CC2)nc2cc(S(=O)(=O)N3CCCC3)ccc21. The van der Waals surface area contributed by atoms with E-state index in [0.717, 1.165) is 69.9 Å². The summed E-state index contributed by atoms with van der Waals surface area (Å²) < 4.78 is 29.6. The monoisotopic (exact) mass is 461 g/mol. The normalized spacial score (nSPS) is 18.6. The summed E-state index contributed by atoms with van der Waals surface area (Å²) in [5, 5.41) is 0. The number of aryl methyl sites for hydroxylation is 2. The van der Waals surface area contributed by atoms with Gasteiger partial charge in [-0.2, -0.15) is 4.31 Å². The first kappa shape index (κ1) is 23.2. The van der Waals surface area contributed by atoms with Crippen LogP contribution in [0.3, 0.4) is 0 Å². The van der Waals surface area contributed by atoms with Crippen LogP contribution in [0, 0.1) is 0 Å². The van der Waals surface area contributed by atoms with Gasteiger partial charge in [0.25, 0.3) is 0 Å². The lowest BCUT2D eigenvalue weighted by atomic mass is 10.2. The number of benzene rings is 1. The second-order valence-corrected chi connectivity index (χ2v) is 10.7. The third-order valence-corrected chi connectivity index (χ3v) is 8.58. The molecule has 0 radical (unpaired) electrons. The number of carbonyl (C=O) groups is 1. The quantitative estimate of drug-likeness (QED) is 0.603. The first-order valence-electron chi connectivity index (χ1n) is 11.9. The zero-order chi connectivity index (χ0) is 22.7. The van der Waals surface area contributed by atoms with Crippen LogP contribution >= 0.6 is 0 Å². The predicted molar refractivity (Wildman–Crippen MR) is 125 cm³/mol. The molecule has 3 heterocycles. The van der Waals surface area contributed by atoms with Crippen molar-refractivity contribution in [2.75, 3.05) is 45.8 Å². The van der Waals surface area contributed by atoms with E-state index in [0.29, 0.717) is 36.3 Å². The maximum absolute atomic E-state index is 13.0. The lowest BCUT2D eigenvalue weighted by Gasteiger charge is -2.34. The molecule has 2 fully saturated rings. The number of rotatable bonds is 8. The summed E-state index contributed by atoms with van der Waals surface area (Å²) in [6.07, 6.45) is 3.77. The zero-order valence-corrected chi connectivity index (χ0v) is 20.1. The number of sulfonamides is 1. The van der Waals surface area contributed by atoms with E-state index in [9.17, 15) is 13.2 Å². The number of amides is 1. The first-order chi connectivity index (χ1) is 15.4. The molecule has 2 saturated heterocycles. The predicted octanol–water partition coefficient (Wildman–Crippen LogP) is 2.33. The summed E-state index contributed by atoms with van der Waals surface area (Å²) in [4.78, 5) is 22.2. The molecule has 0 unspecified atom stereocenters. The highest BCUT2D eigenvalue weighted by molar-refractivity contribution is 7.89. The third kappa shape index (κ3) is 4.70. The number of piperazine rings is 1. The number of aromatic nitrogens is 2. The van der Waals surface area contributed by atoms with E-state index >= 15 is 0 Å². The van der Waals surface area contributed by atoms with Crippen LogP contribution in [-0.2, 0) is 27.8 Å². The van der Waals surface area contributed by atoms with Gasteiger partial charge in [-0.3, -0.25) is 4.79 Å². The second kappa shape index (κ2) is 9.89. The molecule has 1 aromatic carbocycles. The van der Waals surface area contributed by atoms with Gasteiger partial charge in [0.1, 0.15) is 5.82 Å². The number of hydrogen-bond donors (Lipinski definition) is 0. The summed E-state index contributed by atoms with van der Waals surface area (Å²) in [7, 11) is -3.47. The maximum Gasteiger partial charge on any atom is 0.243 e. The molecule has 0 N–H and O–H groups in total. The molecular formula is C23H35N5O3S. The largest absolute Gasteiger partial charge is 0.340 e. The van der Waals surface area contributed by atoms with E-state index in [2.05, 4.69) is 23.3 Å². The van der Waals surface area contributed by atoms with E-state index < -0.39 is 10.0 Å². The van der Waals surface area contributed by atoms with Gasteiger partial charge in [-0.1, -0.05) is 13.8 Å². The molecule has 0 bridgehead atoms. The molecule has 2 aliphatic rings. The number of likely N-dealkylation sites (N-methyl/N-ethyl adjacent to an activating group) is 1. The van der Waals surface area contributed by atoms with Crippen LogP contribution < -0.4 is 0 Å². The molecule has 0 saturated carbocycles. The first-order valence-corrected chi connectivity index (χ1v) is 13.4. The van der Waals surface area contributed by atoms with Gasteiger partial charge in [-0.25, -0.2) is 13.4 Å². The fourth-order valence-electron chi connectivity index (χ4n) is 4.75. The Labute approximate surface area is 191 Å². The average Bonchev–Trinajstić information content (AvgIpc) is 3.46. The molecular weight excluding hydrogens is 426 g/mol. The fourth-order valence-corrected chi connectivity index (χ4v) is 6.29. The minimum atomic E-state index is -3.47. The minimum absolute atomic E-state index is 0.174. The minimum Gasteiger partial charge on any atom is -0.340 e. The van der Waals surface area contributed by atoms with Gasteiger partial charge in [-0.05, 0) is 44.0 Å². The Morgan fingerprint density at radius 3 is 2.41 bits per heavy atom. The number of nitrogens with zero attached hydrogens (tertiary/aromatic N) is 5. The Kier molecular flexibility index (Phi) is 7.17. The molecule has 0 aliphatic carbocycles. The standard InChI is InChI=1S/C23H35N5O3S/c1-3-11-28-21-8-7-19(32(30,31)27-12-5-6-13-27)18-20(21)24-22(28)9-10-23(29)26-16-14-25(4-2)15-17-26/h7-8,18H,3-6,9-17H2,1-2H3. The third-order valence-electron chi connectivity index (χ3n) is 6.68. The lowest BCUT2D eigenvalue weighted by molar-refractivity contribution is -0.132. The van der Waals surface area contributed by atoms with Crippen LogP contribution in [0.25, 0.3) is 11.0 Å². The van der Waals surface area contributed by atoms with Crippen LogP contribution in [0.2, 0.25) is 0 Å². The van der Waals surface area contributed by atoms with Gasteiger partial charge in [0, 0.05) is 58.7 Å². The van der Waals surface area contributed by atoms with Crippen LogP contribution in [0.4, 0.5) is 0 Å². The molecule has 2 aliphatic heterocycles. The highest BCUT2D eigenvalue weighted by Crippen LogP contribution is 2.26. The summed E-state index contributed by atoms with van der Waals surface area (Å²) >= 11 is 0. The van der Waals surface area contributed by atoms with E-state index in [1.165, 1.54) is 0 Å². The van der Waals surface area contributed by atoms with Gasteiger partial charge < -0.3 is 14.4 Å². The maximum atomic E-state index is 13.0. The Morgan fingerprint density at radius 2 is 1.75 bits per heavy atom. The van der Waals surface area contributed by atoms with Crippen LogP contribution in [0.1, 0.15) is 45.4 Å². The molecule has 9 heteroatoms. The van der Waals surface area contributed by atoms with Crippen molar-refractivity contribution >= 4 is 27.0 Å². The van der Waals surface area contributed by atoms with Crippen molar-refractivity contribution in [1.29, 1.82) is 0 Å². The number of carbonyl (C=O) groups excluding carboxylic acids is 1. The Hall–Kier alpha value is -1.97. The second-order valence-electron chi connectivity index (χ2n) is 8.76. The zero-order valence-electron chi connectivity index (χ0n) is 19.3. The van der Waals surface area contributed by atoms with Crippen molar-refractivity contribution in [3.63, 3.8) is 0 Å². The van der Waals surface area contributed by atoms with Gasteiger partial charge in [0.15, 0.2) is 0 Å². The Bertz CT molecular complexity index is 1050. The van der Waals surface area contributed by atoms with Crippen molar-refractivity contribution in [2.45, 2.75) is 57.4 Å². The summed E-state index contributed by atoms with van der Waals surface area (Å²) in [6.45, 7) is 10.7. The van der Waals surface area contributed by atoms with Gasteiger partial charge in [0.2, 0.25) is 15.9 Å². The number of fused-ring (bicyclic) bond motifs is 1. The van der Waals surface area contributed by atoms with E-state index in [4.69, 9.17) is 4.98 Å². The molecule has 0 spiro atoms. The molecule has 1 aromatic heterocycles. The van der Waals surface area contributed by atoms with Crippen LogP contribution in [0.15, 0.2) is 23.1 Å². The fraction of sp³-hybridized carbons (Fsp3) is 0.652. The lowest BCUT2D eigenvalue weighted by Crippen LogP contribution is -2.48. The van der Waals surface area contributed by atoms with Crippen LogP contribution in [0.5, 0.6) is 0 Å². The highest BCUT2D eigenvalue weighted by atomic mass is 32.2. The summed E-state index contributed by atoms with van der Waals surface area (Å²) in [5.74, 6) is 1.03. The molecule has 176 valence electrons. The Balaban J connectivity index is 1.52. The van der Waals surface area contributed by atoms with Crippen LogP contribution in [-0.4, -0.2) is 83.8 Å². The molecule has 2 aromatic rings. The van der Waals surface area contributed by atoms with Crippen molar-refractivity contribution in [3.8, 4) is 0 Å².